The molecule has 0 unspecified atom stereocenters. The van der Waals surface area contributed by atoms with Crippen LogP contribution in [0, 0.1) is 0 Å². The summed E-state index contributed by atoms with van der Waals surface area (Å²) in [4.78, 5) is 26.2. The molecule has 2 N–H and O–H groups in total. The molecule has 0 radical (unpaired) electrons. The van der Waals surface area contributed by atoms with Crippen LogP contribution < -0.4 is 10.6 Å². The summed E-state index contributed by atoms with van der Waals surface area (Å²) >= 11 is 19.8. The molecular formula is C19H19Cl3N2O3S. The summed E-state index contributed by atoms with van der Waals surface area (Å²) in [7, 11) is 0. The molecule has 1 heterocycles. The molecule has 1 aliphatic carbocycles. The number of aryl methyl sites for hydroxylation is 1. The number of anilines is 1. The summed E-state index contributed by atoms with van der Waals surface area (Å²) in [6.45, 7) is 2.02. The number of carbonyl (C=O) groups excluding carboxylic acids is 2. The van der Waals surface area contributed by atoms with E-state index in [1.165, 1.54) is 11.3 Å². The number of alkyl halides is 3. The smallest absolute Gasteiger partial charge is 0.341 e. The summed E-state index contributed by atoms with van der Waals surface area (Å²) < 4.78 is 3.37. The van der Waals surface area contributed by atoms with Gasteiger partial charge in [-0.1, -0.05) is 53.0 Å². The number of nitrogens with one attached hydrogen (secondary N) is 2. The molecule has 2 aromatic rings. The zero-order chi connectivity index (χ0) is 20.3. The van der Waals surface area contributed by atoms with Gasteiger partial charge < -0.3 is 15.4 Å². The maximum Gasteiger partial charge on any atom is 0.341 e. The van der Waals surface area contributed by atoms with Crippen LogP contribution in [0.5, 0.6) is 0 Å². The van der Waals surface area contributed by atoms with E-state index in [1.807, 2.05) is 0 Å². The predicted octanol–water partition coefficient (Wildman–Crippen LogP) is 4.95. The average molecular weight is 462 g/mol. The van der Waals surface area contributed by atoms with Crippen LogP contribution in [0.2, 0.25) is 0 Å². The summed E-state index contributed by atoms with van der Waals surface area (Å²) in [5.41, 5.74) is 1.87. The van der Waals surface area contributed by atoms with E-state index in [4.69, 9.17) is 39.5 Å². The van der Waals surface area contributed by atoms with Crippen molar-refractivity contribution in [3.8, 4) is 0 Å². The zero-order valence-corrected chi connectivity index (χ0v) is 18.1. The summed E-state index contributed by atoms with van der Waals surface area (Å²) in [6.07, 6.45) is 1.64. The van der Waals surface area contributed by atoms with Crippen molar-refractivity contribution in [1.82, 2.24) is 5.32 Å². The van der Waals surface area contributed by atoms with Crippen LogP contribution in [0.1, 0.15) is 44.5 Å². The molecule has 5 nitrogen and oxygen atoms in total. The highest BCUT2D eigenvalue weighted by Gasteiger charge is 2.37. The number of esters is 1. The standard InChI is InChI=1S/C19H19Cl3N2O3S/c1-2-27-17(26)14-12-9-6-10-13(12)28-16(14)24-18(19(20,21)22)23-15(25)11-7-4-3-5-8-11/h3-5,7-8,18,24H,2,6,9-10H2,1H3,(H,23,25)/t18-/m0/s1. The van der Waals surface area contributed by atoms with E-state index in [9.17, 15) is 9.59 Å². The molecule has 9 heteroatoms. The van der Waals surface area contributed by atoms with Crippen LogP contribution in [-0.4, -0.2) is 28.4 Å². The number of hydrogen-bond acceptors (Lipinski definition) is 5. The molecule has 0 spiro atoms. The molecular weight excluding hydrogens is 443 g/mol. The fourth-order valence-electron chi connectivity index (χ4n) is 3.06. The van der Waals surface area contributed by atoms with Gasteiger partial charge in [0.15, 0.2) is 0 Å². The Bertz CT molecular complexity index is 865. The minimum Gasteiger partial charge on any atom is -0.462 e. The van der Waals surface area contributed by atoms with E-state index < -0.39 is 21.8 Å². The Kier molecular flexibility index (Phi) is 6.76. The highest BCUT2D eigenvalue weighted by Crippen LogP contribution is 2.41. The number of rotatable bonds is 6. The lowest BCUT2D eigenvalue weighted by molar-refractivity contribution is 0.0527. The first-order chi connectivity index (χ1) is 13.3. The number of halogens is 3. The number of hydrogen-bond donors (Lipinski definition) is 2. The van der Waals surface area contributed by atoms with E-state index in [0.29, 0.717) is 16.1 Å². The van der Waals surface area contributed by atoms with E-state index in [2.05, 4.69) is 10.6 Å². The topological polar surface area (TPSA) is 67.4 Å². The second-order valence-corrected chi connectivity index (χ2v) is 9.71. The van der Waals surface area contributed by atoms with Crippen molar-refractivity contribution in [1.29, 1.82) is 0 Å². The van der Waals surface area contributed by atoms with E-state index in [1.54, 1.807) is 37.3 Å². The van der Waals surface area contributed by atoms with Crippen molar-refractivity contribution in [2.75, 3.05) is 11.9 Å². The Morgan fingerprint density at radius 1 is 1.21 bits per heavy atom. The summed E-state index contributed by atoms with van der Waals surface area (Å²) in [5, 5.41) is 6.28. The molecule has 1 aromatic carbocycles. The number of fused-ring (bicyclic) bond motifs is 1. The van der Waals surface area contributed by atoms with Crippen molar-refractivity contribution in [2.24, 2.45) is 0 Å². The lowest BCUT2D eigenvalue weighted by Crippen LogP contribution is -2.49. The zero-order valence-electron chi connectivity index (χ0n) is 15.1. The SMILES string of the molecule is CCOC(=O)c1c(N[C@H](NC(=O)c2ccccc2)C(Cl)(Cl)Cl)sc2c1CCC2. The fourth-order valence-corrected chi connectivity index (χ4v) is 4.69. The number of carbonyl (C=O) groups is 2. The van der Waals surface area contributed by atoms with Crippen molar-refractivity contribution in [3.63, 3.8) is 0 Å². The Balaban J connectivity index is 1.88. The van der Waals surface area contributed by atoms with Gasteiger partial charge in [-0.3, -0.25) is 4.79 Å². The normalized spacial score (nSPS) is 14.3. The molecule has 1 aromatic heterocycles. The quantitative estimate of drug-likeness (QED) is 0.363. The van der Waals surface area contributed by atoms with Crippen LogP contribution >= 0.6 is 46.1 Å². The third-order valence-electron chi connectivity index (χ3n) is 4.32. The maximum absolute atomic E-state index is 12.5. The summed E-state index contributed by atoms with van der Waals surface area (Å²) in [6, 6.07) is 8.62. The third-order valence-corrected chi connectivity index (χ3v) is 6.19. The minimum absolute atomic E-state index is 0.265. The van der Waals surface area contributed by atoms with Crippen LogP contribution in [0.4, 0.5) is 5.00 Å². The molecule has 0 aliphatic heterocycles. The van der Waals surface area contributed by atoms with Crippen molar-refractivity contribution < 1.29 is 14.3 Å². The third kappa shape index (κ3) is 4.74. The van der Waals surface area contributed by atoms with Gasteiger partial charge in [0.25, 0.3) is 5.91 Å². The van der Waals surface area contributed by atoms with Gasteiger partial charge in [0, 0.05) is 10.4 Å². The second-order valence-electron chi connectivity index (χ2n) is 6.24. The number of benzene rings is 1. The molecule has 150 valence electrons. The predicted molar refractivity (Wildman–Crippen MR) is 114 cm³/mol. The molecule has 3 rings (SSSR count). The number of thiophene rings is 1. The van der Waals surface area contributed by atoms with E-state index in [-0.39, 0.29) is 6.61 Å². The van der Waals surface area contributed by atoms with Crippen LogP contribution in [-0.2, 0) is 17.6 Å². The highest BCUT2D eigenvalue weighted by molar-refractivity contribution is 7.16. The van der Waals surface area contributed by atoms with Gasteiger partial charge in [-0.15, -0.1) is 11.3 Å². The Morgan fingerprint density at radius 2 is 1.93 bits per heavy atom. The van der Waals surface area contributed by atoms with E-state index in [0.717, 1.165) is 29.7 Å². The second kappa shape index (κ2) is 8.91. The van der Waals surface area contributed by atoms with Gasteiger partial charge in [-0.05, 0) is 43.9 Å². The van der Waals surface area contributed by atoms with Crippen molar-refractivity contribution >= 4 is 63.0 Å². The first-order valence-electron chi connectivity index (χ1n) is 8.82. The number of amides is 1. The van der Waals surface area contributed by atoms with Gasteiger partial charge in [0.2, 0.25) is 3.79 Å². The molecule has 0 saturated carbocycles. The Morgan fingerprint density at radius 3 is 2.57 bits per heavy atom. The first-order valence-corrected chi connectivity index (χ1v) is 10.8. The van der Waals surface area contributed by atoms with Gasteiger partial charge in [0.05, 0.1) is 12.2 Å². The lowest BCUT2D eigenvalue weighted by Gasteiger charge is -2.27. The molecule has 0 saturated heterocycles. The van der Waals surface area contributed by atoms with E-state index >= 15 is 0 Å². The molecule has 28 heavy (non-hydrogen) atoms. The van der Waals surface area contributed by atoms with Crippen LogP contribution in [0.3, 0.4) is 0 Å². The van der Waals surface area contributed by atoms with Crippen molar-refractivity contribution in [3.05, 3.63) is 51.9 Å². The summed E-state index contributed by atoms with van der Waals surface area (Å²) in [5.74, 6) is -0.812. The Hall–Kier alpha value is -1.47. The molecule has 1 atom stereocenters. The largest absolute Gasteiger partial charge is 0.462 e. The molecule has 0 fully saturated rings. The van der Waals surface area contributed by atoms with Gasteiger partial charge in [-0.25, -0.2) is 4.79 Å². The molecule has 1 amide bonds. The molecule has 1 aliphatic rings. The fraction of sp³-hybridized carbons (Fsp3) is 0.368. The number of ether oxygens (including phenoxy) is 1. The average Bonchev–Trinajstić information content (AvgIpc) is 3.21. The monoisotopic (exact) mass is 460 g/mol. The Labute approximate surface area is 182 Å². The van der Waals surface area contributed by atoms with Gasteiger partial charge in [-0.2, -0.15) is 0 Å². The first kappa shape index (κ1) is 21.2. The van der Waals surface area contributed by atoms with Crippen molar-refractivity contribution in [2.45, 2.75) is 36.1 Å². The van der Waals surface area contributed by atoms with Gasteiger partial charge >= 0.3 is 5.97 Å². The van der Waals surface area contributed by atoms with Gasteiger partial charge in [0.1, 0.15) is 11.2 Å². The molecule has 0 bridgehead atoms. The highest BCUT2D eigenvalue weighted by atomic mass is 35.6. The minimum atomic E-state index is -1.84. The van der Waals surface area contributed by atoms with Crippen LogP contribution in [0.25, 0.3) is 0 Å². The van der Waals surface area contributed by atoms with Crippen LogP contribution in [0.15, 0.2) is 30.3 Å². The lowest BCUT2D eigenvalue weighted by atomic mass is 10.1. The maximum atomic E-state index is 12.5.